The number of nitrogens with one attached hydrogen (secondary N) is 3. The van der Waals surface area contributed by atoms with Crippen LogP contribution in [0.5, 0.6) is 0 Å². The summed E-state index contributed by atoms with van der Waals surface area (Å²) in [5.41, 5.74) is 2.56. The fraction of sp³-hybridized carbons (Fsp3) is 0.425. The van der Waals surface area contributed by atoms with Gasteiger partial charge in [0, 0.05) is 18.0 Å². The van der Waals surface area contributed by atoms with Gasteiger partial charge in [-0.2, -0.15) is 0 Å². The van der Waals surface area contributed by atoms with E-state index >= 15 is 0 Å². The van der Waals surface area contributed by atoms with Crippen LogP contribution in [0.15, 0.2) is 96.6 Å². The van der Waals surface area contributed by atoms with Crippen molar-refractivity contribution in [2.45, 2.75) is 84.7 Å². The number of nitrogens with zero attached hydrogens (tertiary/aromatic N) is 1. The van der Waals surface area contributed by atoms with E-state index in [1.807, 2.05) is 90.9 Å². The van der Waals surface area contributed by atoms with E-state index in [2.05, 4.69) is 27.5 Å². The Balaban J connectivity index is 1.81. The molecule has 3 amide bonds. The summed E-state index contributed by atoms with van der Waals surface area (Å²) in [5.74, 6) is -1.88. The predicted octanol–water partition coefficient (Wildman–Crippen LogP) is 5.83. The second-order valence-electron chi connectivity index (χ2n) is 14.9. The van der Waals surface area contributed by atoms with Crippen molar-refractivity contribution >= 4 is 27.7 Å². The van der Waals surface area contributed by atoms with Crippen molar-refractivity contribution < 1.29 is 22.8 Å². The molecule has 0 saturated carbocycles. The van der Waals surface area contributed by atoms with Crippen LogP contribution in [0, 0.1) is 11.3 Å². The van der Waals surface area contributed by atoms with Gasteiger partial charge >= 0.3 is 0 Å². The third-order valence-corrected chi connectivity index (χ3v) is 10.3. The maximum absolute atomic E-state index is 14.2. The molecular formula is C40H54N4O5S. The highest BCUT2D eigenvalue weighted by Crippen LogP contribution is 2.31. The van der Waals surface area contributed by atoms with Gasteiger partial charge < -0.3 is 15.5 Å². The van der Waals surface area contributed by atoms with E-state index in [-0.39, 0.29) is 29.1 Å². The van der Waals surface area contributed by atoms with Crippen LogP contribution in [0.4, 0.5) is 0 Å². The zero-order chi connectivity index (χ0) is 37.4. The van der Waals surface area contributed by atoms with Gasteiger partial charge in [0.2, 0.25) is 21.8 Å². The lowest BCUT2D eigenvalue weighted by Gasteiger charge is -2.40. The van der Waals surface area contributed by atoms with E-state index in [0.717, 1.165) is 16.7 Å². The molecule has 0 aliphatic rings. The molecule has 0 spiro atoms. The standard InChI is InChI=1S/C40H54N4O5S/c1-27(2)33(25-28(3)36(45)43-50(48,49)26-29-17-13-11-14-18-29)44(10)38(47)35(39(4,5)6)42-37(46)34(41-9)40(7,8)32-23-21-31(22-24-32)30-19-15-12-16-20-30/h11-25,27,33-35,41H,26H2,1-10H3,(H,42,46)(H,43,45)/b28-25+. The normalized spacial score (nSPS) is 14.4. The summed E-state index contributed by atoms with van der Waals surface area (Å²) >= 11 is 0. The van der Waals surface area contributed by atoms with Crippen LogP contribution in [0.2, 0.25) is 0 Å². The van der Waals surface area contributed by atoms with E-state index in [4.69, 9.17) is 0 Å². The molecule has 3 atom stereocenters. The first-order chi connectivity index (χ1) is 23.3. The molecule has 50 heavy (non-hydrogen) atoms. The Morgan fingerprint density at radius 2 is 1.32 bits per heavy atom. The van der Waals surface area contributed by atoms with Crippen molar-refractivity contribution in [2.24, 2.45) is 11.3 Å². The van der Waals surface area contributed by atoms with Crippen molar-refractivity contribution in [3.63, 3.8) is 0 Å². The van der Waals surface area contributed by atoms with E-state index < -0.39 is 44.9 Å². The van der Waals surface area contributed by atoms with Crippen LogP contribution in [-0.2, 0) is 35.6 Å². The van der Waals surface area contributed by atoms with Crippen LogP contribution in [0.3, 0.4) is 0 Å². The van der Waals surface area contributed by atoms with Crippen molar-refractivity contribution in [1.82, 2.24) is 20.3 Å². The van der Waals surface area contributed by atoms with Gasteiger partial charge in [-0.3, -0.25) is 14.4 Å². The molecule has 0 aliphatic heterocycles. The first-order valence-electron chi connectivity index (χ1n) is 17.0. The summed E-state index contributed by atoms with van der Waals surface area (Å²) in [6.45, 7) is 15.0. The highest BCUT2D eigenvalue weighted by atomic mass is 32.2. The SMILES string of the molecule is CNC(C(=O)NC(C(=O)N(C)C(/C=C(\C)C(=O)NS(=O)(=O)Cc1ccccc1)C(C)C)C(C)(C)C)C(C)(C)c1ccc(-c2ccccc2)cc1. The smallest absolute Gasteiger partial charge is 0.260 e. The van der Waals surface area contributed by atoms with Crippen LogP contribution >= 0.6 is 0 Å². The molecule has 3 aromatic carbocycles. The number of benzene rings is 3. The van der Waals surface area contributed by atoms with E-state index in [9.17, 15) is 22.8 Å². The number of hydrogen-bond acceptors (Lipinski definition) is 6. The zero-order valence-electron chi connectivity index (χ0n) is 31.1. The minimum atomic E-state index is -3.95. The van der Waals surface area contributed by atoms with E-state index in [0.29, 0.717) is 5.56 Å². The van der Waals surface area contributed by atoms with Crippen LogP contribution in [-0.4, -0.2) is 63.3 Å². The summed E-state index contributed by atoms with van der Waals surface area (Å²) in [6, 6.07) is 24.7. The van der Waals surface area contributed by atoms with Crippen LogP contribution in [0.1, 0.15) is 66.5 Å². The fourth-order valence-electron chi connectivity index (χ4n) is 6.07. The number of sulfonamides is 1. The summed E-state index contributed by atoms with van der Waals surface area (Å²) in [4.78, 5) is 42.8. The maximum Gasteiger partial charge on any atom is 0.260 e. The van der Waals surface area contributed by atoms with Crippen molar-refractivity contribution in [2.75, 3.05) is 14.1 Å². The summed E-state index contributed by atoms with van der Waals surface area (Å²) in [6.07, 6.45) is 1.61. The zero-order valence-corrected chi connectivity index (χ0v) is 31.9. The Hall–Kier alpha value is -4.28. The Bertz CT molecular complexity index is 1750. The highest BCUT2D eigenvalue weighted by Gasteiger charge is 2.41. The van der Waals surface area contributed by atoms with Gasteiger partial charge in [0.1, 0.15) is 6.04 Å². The van der Waals surface area contributed by atoms with Crippen molar-refractivity contribution in [3.05, 3.63) is 108 Å². The first kappa shape index (κ1) is 40.2. The van der Waals surface area contributed by atoms with Gasteiger partial charge in [0.25, 0.3) is 5.91 Å². The number of rotatable bonds is 14. The number of carbonyl (C=O) groups excluding carboxylic acids is 3. The average Bonchev–Trinajstić information content (AvgIpc) is 3.05. The van der Waals surface area contributed by atoms with Crippen molar-refractivity contribution in [1.29, 1.82) is 0 Å². The van der Waals surface area contributed by atoms with Gasteiger partial charge in [-0.15, -0.1) is 0 Å². The Morgan fingerprint density at radius 1 is 0.800 bits per heavy atom. The molecule has 3 N–H and O–H groups in total. The molecule has 3 rings (SSSR count). The molecule has 0 heterocycles. The monoisotopic (exact) mass is 702 g/mol. The lowest BCUT2D eigenvalue weighted by atomic mass is 9.76. The van der Waals surface area contributed by atoms with Gasteiger partial charge in [0.05, 0.1) is 17.8 Å². The van der Waals surface area contributed by atoms with Gasteiger partial charge in [0.15, 0.2) is 0 Å². The fourth-order valence-corrected chi connectivity index (χ4v) is 7.22. The third-order valence-electron chi connectivity index (χ3n) is 9.11. The lowest BCUT2D eigenvalue weighted by molar-refractivity contribution is -0.140. The highest BCUT2D eigenvalue weighted by molar-refractivity contribution is 7.89. The number of amides is 3. The summed E-state index contributed by atoms with van der Waals surface area (Å²) < 4.78 is 27.6. The number of hydrogen-bond donors (Lipinski definition) is 3. The molecule has 0 aliphatic carbocycles. The average molecular weight is 703 g/mol. The maximum atomic E-state index is 14.2. The second kappa shape index (κ2) is 16.6. The molecule has 3 aromatic rings. The Kier molecular flexibility index (Phi) is 13.3. The predicted molar refractivity (Wildman–Crippen MR) is 201 cm³/mol. The minimum absolute atomic E-state index is 0.133. The third kappa shape index (κ3) is 10.4. The molecule has 0 saturated heterocycles. The van der Waals surface area contributed by atoms with Crippen molar-refractivity contribution in [3.8, 4) is 11.1 Å². The molecule has 270 valence electrons. The minimum Gasteiger partial charge on any atom is -0.342 e. The molecule has 3 unspecified atom stereocenters. The molecule has 0 radical (unpaired) electrons. The van der Waals surface area contributed by atoms with Gasteiger partial charge in [-0.1, -0.05) is 139 Å². The largest absolute Gasteiger partial charge is 0.342 e. The first-order valence-corrected chi connectivity index (χ1v) is 18.6. The summed E-state index contributed by atoms with van der Waals surface area (Å²) in [7, 11) is -0.578. The van der Waals surface area contributed by atoms with Crippen LogP contribution in [0.25, 0.3) is 11.1 Å². The summed E-state index contributed by atoms with van der Waals surface area (Å²) in [5, 5.41) is 6.24. The quantitative estimate of drug-likeness (QED) is 0.182. The van der Waals surface area contributed by atoms with Gasteiger partial charge in [-0.05, 0) is 47.6 Å². The molecule has 0 aromatic heterocycles. The molecule has 0 fully saturated rings. The number of likely N-dealkylation sites (N-methyl/N-ethyl adjacent to an activating group) is 2. The van der Waals surface area contributed by atoms with E-state index in [1.165, 1.54) is 11.8 Å². The molecule has 0 bridgehead atoms. The molecular weight excluding hydrogens is 649 g/mol. The topological polar surface area (TPSA) is 125 Å². The van der Waals surface area contributed by atoms with Crippen LogP contribution < -0.4 is 15.4 Å². The Morgan fingerprint density at radius 3 is 1.82 bits per heavy atom. The molecule has 9 nitrogen and oxygen atoms in total. The van der Waals surface area contributed by atoms with E-state index in [1.54, 1.807) is 50.5 Å². The molecule has 10 heteroatoms. The second-order valence-corrected chi connectivity index (χ2v) is 16.6. The lowest BCUT2D eigenvalue weighted by Crippen LogP contribution is -2.61. The van der Waals surface area contributed by atoms with Gasteiger partial charge in [-0.25, -0.2) is 13.1 Å². The Labute approximate surface area is 299 Å². The number of carbonyl (C=O) groups is 3.